The molecule has 5 nitrogen and oxygen atoms in total. The third-order valence-corrected chi connectivity index (χ3v) is 3.96. The molecule has 0 unspecified atom stereocenters. The lowest BCUT2D eigenvalue weighted by Crippen LogP contribution is -2.29. The number of alkyl halides is 3. The maximum atomic E-state index is 12.7. The Kier molecular flexibility index (Phi) is 4.08. The monoisotopic (exact) mass is 350 g/mol. The highest BCUT2D eigenvalue weighted by molar-refractivity contribution is 6.62. The van der Waals surface area contributed by atoms with E-state index < -0.39 is 30.4 Å². The maximum absolute atomic E-state index is 12.7. The molecule has 2 N–H and O–H groups in total. The minimum absolute atomic E-state index is 0.215. The average Bonchev–Trinajstić information content (AvgIpc) is 2.76. The summed E-state index contributed by atoms with van der Waals surface area (Å²) in [6.45, 7) is 3.60. The number of nitrogens with one attached hydrogen (secondary N) is 1. The van der Waals surface area contributed by atoms with Crippen molar-refractivity contribution in [3.8, 4) is 0 Å². The van der Waals surface area contributed by atoms with Crippen molar-refractivity contribution in [3.05, 3.63) is 53.3 Å². The quantitative estimate of drug-likeness (QED) is 0.816. The van der Waals surface area contributed by atoms with E-state index in [9.17, 15) is 23.0 Å². The van der Waals surface area contributed by atoms with Gasteiger partial charge in [0.1, 0.15) is 0 Å². The van der Waals surface area contributed by atoms with Crippen LogP contribution in [0.4, 0.5) is 18.9 Å². The molecule has 2 aromatic rings. The molecular weight excluding hydrogens is 336 g/mol. The van der Waals surface area contributed by atoms with E-state index in [-0.39, 0.29) is 5.56 Å². The number of benzene rings is 1. The lowest BCUT2D eigenvalue weighted by Gasteiger charge is -2.19. The van der Waals surface area contributed by atoms with Crippen molar-refractivity contribution in [2.45, 2.75) is 25.6 Å². The Morgan fingerprint density at radius 3 is 2.68 bits per heavy atom. The zero-order valence-electron chi connectivity index (χ0n) is 13.4. The van der Waals surface area contributed by atoms with Crippen LogP contribution in [-0.4, -0.2) is 23.0 Å². The molecule has 0 atom stereocenters. The molecule has 2 heterocycles. The number of hydrogen-bond acceptors (Lipinski definition) is 4. The van der Waals surface area contributed by atoms with Gasteiger partial charge in [-0.2, -0.15) is 13.2 Å². The Morgan fingerprint density at radius 2 is 2.00 bits per heavy atom. The summed E-state index contributed by atoms with van der Waals surface area (Å²) in [7, 11) is -1.13. The highest BCUT2D eigenvalue weighted by Crippen LogP contribution is 2.31. The van der Waals surface area contributed by atoms with Crippen molar-refractivity contribution >= 4 is 24.2 Å². The van der Waals surface area contributed by atoms with Crippen LogP contribution < -0.4 is 10.8 Å². The molecule has 0 aliphatic carbocycles. The standard InChI is InChI=1S/C16H14BF3N2O3/c1-15(2)12-4-3-11(6-13(12)17(24)25-15)22-14(23)9-5-10(8-21-7-9)16(18,19)20/h3-8,24H,1-2H3,(H,22,23). The number of anilines is 1. The Labute approximate surface area is 142 Å². The zero-order valence-corrected chi connectivity index (χ0v) is 13.4. The summed E-state index contributed by atoms with van der Waals surface area (Å²) in [6, 6.07) is 5.57. The fourth-order valence-corrected chi connectivity index (χ4v) is 2.72. The SMILES string of the molecule is CC1(C)OB(O)c2cc(NC(=O)c3cncc(C(F)(F)F)c3)ccc21. The first-order chi connectivity index (χ1) is 11.6. The molecule has 1 aromatic carbocycles. The van der Waals surface area contributed by atoms with Crippen molar-refractivity contribution in [2.75, 3.05) is 5.32 Å². The summed E-state index contributed by atoms with van der Waals surface area (Å²) in [5.74, 6) is -0.730. The van der Waals surface area contributed by atoms with Crippen LogP contribution >= 0.6 is 0 Å². The van der Waals surface area contributed by atoms with E-state index in [2.05, 4.69) is 10.3 Å². The summed E-state index contributed by atoms with van der Waals surface area (Å²) in [5, 5.41) is 12.5. The summed E-state index contributed by atoms with van der Waals surface area (Å²) >= 11 is 0. The molecule has 9 heteroatoms. The largest absolute Gasteiger partial charge is 0.492 e. The van der Waals surface area contributed by atoms with Gasteiger partial charge < -0.3 is 15.0 Å². The molecule has 1 aliphatic heterocycles. The fraction of sp³-hybridized carbons (Fsp3) is 0.250. The summed E-state index contributed by atoms with van der Waals surface area (Å²) in [4.78, 5) is 15.7. The van der Waals surface area contributed by atoms with E-state index in [1.165, 1.54) is 6.07 Å². The molecule has 1 aliphatic rings. The van der Waals surface area contributed by atoms with Gasteiger partial charge in [0.15, 0.2) is 0 Å². The second-order valence-electron chi connectivity index (χ2n) is 6.20. The van der Waals surface area contributed by atoms with E-state index in [1.54, 1.807) is 26.0 Å². The summed E-state index contributed by atoms with van der Waals surface area (Å²) in [5.41, 5.74) is -0.264. The molecule has 1 aromatic heterocycles. The van der Waals surface area contributed by atoms with Gasteiger partial charge in [-0.15, -0.1) is 0 Å². The minimum Gasteiger partial charge on any atom is -0.423 e. The topological polar surface area (TPSA) is 71.5 Å². The van der Waals surface area contributed by atoms with Gasteiger partial charge in [0.2, 0.25) is 0 Å². The molecule has 0 saturated carbocycles. The van der Waals surface area contributed by atoms with E-state index in [0.29, 0.717) is 17.3 Å². The lowest BCUT2D eigenvalue weighted by atomic mass is 9.78. The van der Waals surface area contributed by atoms with E-state index >= 15 is 0 Å². The third kappa shape index (κ3) is 3.38. The first-order valence-electron chi connectivity index (χ1n) is 7.42. The molecule has 25 heavy (non-hydrogen) atoms. The highest BCUT2D eigenvalue weighted by Gasteiger charge is 2.40. The molecule has 3 rings (SSSR count). The fourth-order valence-electron chi connectivity index (χ4n) is 2.72. The van der Waals surface area contributed by atoms with Gasteiger partial charge in [0, 0.05) is 18.1 Å². The second-order valence-corrected chi connectivity index (χ2v) is 6.20. The summed E-state index contributed by atoms with van der Waals surface area (Å²) in [6.07, 6.45) is -2.87. The summed E-state index contributed by atoms with van der Waals surface area (Å²) < 4.78 is 43.6. The normalized spacial score (nSPS) is 15.8. The highest BCUT2D eigenvalue weighted by atomic mass is 19.4. The molecule has 0 spiro atoms. The first kappa shape index (κ1) is 17.4. The van der Waals surface area contributed by atoms with Crippen LogP contribution in [0.3, 0.4) is 0 Å². The molecular formula is C16H14BF3N2O3. The zero-order chi connectivity index (χ0) is 18.4. The Morgan fingerprint density at radius 1 is 1.28 bits per heavy atom. The van der Waals surface area contributed by atoms with Gasteiger partial charge >= 0.3 is 13.3 Å². The number of carbonyl (C=O) groups excluding carboxylic acids is 1. The van der Waals surface area contributed by atoms with E-state index in [1.807, 2.05) is 0 Å². The van der Waals surface area contributed by atoms with Crippen LogP contribution in [0.1, 0.15) is 35.3 Å². The number of halogens is 3. The van der Waals surface area contributed by atoms with Crippen molar-refractivity contribution < 1.29 is 27.6 Å². The van der Waals surface area contributed by atoms with Crippen molar-refractivity contribution in [1.29, 1.82) is 0 Å². The number of fused-ring (bicyclic) bond motifs is 1. The van der Waals surface area contributed by atoms with Gasteiger partial charge in [0.05, 0.1) is 16.7 Å². The van der Waals surface area contributed by atoms with Gasteiger partial charge in [-0.1, -0.05) is 6.07 Å². The minimum atomic E-state index is -4.58. The number of aromatic nitrogens is 1. The number of rotatable bonds is 2. The van der Waals surface area contributed by atoms with Crippen LogP contribution in [0.15, 0.2) is 36.7 Å². The van der Waals surface area contributed by atoms with Crippen LogP contribution in [0.5, 0.6) is 0 Å². The molecule has 130 valence electrons. The lowest BCUT2D eigenvalue weighted by molar-refractivity contribution is -0.137. The van der Waals surface area contributed by atoms with Crippen LogP contribution in [0.2, 0.25) is 0 Å². The molecule has 1 amide bonds. The number of amides is 1. The smallest absolute Gasteiger partial charge is 0.423 e. The predicted octanol–water partition coefficient (Wildman–Crippen LogP) is 2.31. The third-order valence-electron chi connectivity index (χ3n) is 3.96. The molecule has 0 saturated heterocycles. The number of nitrogens with zero attached hydrogens (tertiary/aromatic N) is 1. The van der Waals surface area contributed by atoms with E-state index in [4.69, 9.17) is 4.65 Å². The Balaban J connectivity index is 1.84. The number of carbonyl (C=O) groups is 1. The number of pyridine rings is 1. The van der Waals surface area contributed by atoms with Crippen LogP contribution in [0, 0.1) is 0 Å². The van der Waals surface area contributed by atoms with Crippen LogP contribution in [0.25, 0.3) is 0 Å². The van der Waals surface area contributed by atoms with Crippen LogP contribution in [-0.2, 0) is 16.4 Å². The van der Waals surface area contributed by atoms with Gasteiger partial charge in [-0.3, -0.25) is 9.78 Å². The van der Waals surface area contributed by atoms with Crippen molar-refractivity contribution in [3.63, 3.8) is 0 Å². The average molecular weight is 350 g/mol. The second kappa shape index (κ2) is 5.85. The molecule has 0 fully saturated rings. The maximum Gasteiger partial charge on any atom is 0.492 e. The van der Waals surface area contributed by atoms with E-state index in [0.717, 1.165) is 17.8 Å². The Bertz CT molecular complexity index is 840. The number of hydrogen-bond donors (Lipinski definition) is 2. The van der Waals surface area contributed by atoms with Crippen molar-refractivity contribution in [2.24, 2.45) is 0 Å². The Hall–Kier alpha value is -2.39. The van der Waals surface area contributed by atoms with Crippen molar-refractivity contribution in [1.82, 2.24) is 4.98 Å². The predicted molar refractivity (Wildman–Crippen MR) is 85.4 cm³/mol. The van der Waals surface area contributed by atoms with Gasteiger partial charge in [0.25, 0.3) is 5.91 Å². The van der Waals surface area contributed by atoms with Gasteiger partial charge in [-0.25, -0.2) is 0 Å². The molecule has 0 bridgehead atoms. The first-order valence-corrected chi connectivity index (χ1v) is 7.42. The van der Waals surface area contributed by atoms with Gasteiger partial charge in [-0.05, 0) is 43.1 Å². The molecule has 0 radical (unpaired) electrons.